The molecule has 0 saturated carbocycles. The van der Waals surface area contributed by atoms with Crippen molar-refractivity contribution in [2.45, 2.75) is 25.4 Å². The van der Waals surface area contributed by atoms with Crippen LogP contribution in [0.15, 0.2) is 18.2 Å². The molecule has 0 atom stereocenters. The van der Waals surface area contributed by atoms with Crippen LogP contribution in [0.25, 0.3) is 11.3 Å². The van der Waals surface area contributed by atoms with Crippen molar-refractivity contribution in [2.75, 3.05) is 31.2 Å². The monoisotopic (exact) mass is 397 g/mol. The fourth-order valence-corrected chi connectivity index (χ4v) is 4.21. The standard InChI is InChI=1S/C21H20FN3O2S/c1-14-5-8-25(9-6-14)20-24-19(15-2-3-16(11-23)17(22)10-15)18(28-20)4-7-21(26)12-27-13-21/h2-3,10,14,26H,5-6,8-9,12-13H2,1H3. The van der Waals surface area contributed by atoms with Crippen LogP contribution in [0.3, 0.4) is 0 Å². The third-order valence-electron chi connectivity index (χ3n) is 5.12. The highest BCUT2D eigenvalue weighted by Gasteiger charge is 2.34. The maximum Gasteiger partial charge on any atom is 0.187 e. The molecule has 2 aromatic rings. The molecule has 144 valence electrons. The number of thiazole rings is 1. The summed E-state index contributed by atoms with van der Waals surface area (Å²) in [6.07, 6.45) is 2.22. The number of hydrogen-bond donors (Lipinski definition) is 1. The number of ether oxygens (including phenoxy) is 1. The Balaban J connectivity index is 1.72. The molecule has 0 radical (unpaired) electrons. The fourth-order valence-electron chi connectivity index (χ4n) is 3.22. The summed E-state index contributed by atoms with van der Waals surface area (Å²) in [6, 6.07) is 6.30. The zero-order chi connectivity index (χ0) is 19.7. The van der Waals surface area contributed by atoms with Crippen LogP contribution in [-0.2, 0) is 4.74 Å². The molecule has 1 aromatic heterocycles. The Hall–Kier alpha value is -2.45. The van der Waals surface area contributed by atoms with E-state index in [0.717, 1.165) is 31.1 Å². The number of nitrogens with zero attached hydrogens (tertiary/aromatic N) is 3. The number of aliphatic hydroxyl groups is 1. The molecule has 0 aliphatic carbocycles. The molecule has 1 aromatic carbocycles. The summed E-state index contributed by atoms with van der Waals surface area (Å²) in [5.74, 6) is 6.03. The average molecular weight is 397 g/mol. The smallest absolute Gasteiger partial charge is 0.187 e. The van der Waals surface area contributed by atoms with Crippen molar-refractivity contribution in [1.82, 2.24) is 4.98 Å². The van der Waals surface area contributed by atoms with Gasteiger partial charge in [-0.1, -0.05) is 36.2 Å². The molecule has 0 bridgehead atoms. The molecule has 0 unspecified atom stereocenters. The van der Waals surface area contributed by atoms with Crippen LogP contribution in [0, 0.1) is 34.9 Å². The Kier molecular flexibility index (Phi) is 5.07. The van der Waals surface area contributed by atoms with Crippen molar-refractivity contribution >= 4 is 16.5 Å². The normalized spacial score (nSPS) is 18.7. The Morgan fingerprint density at radius 3 is 2.71 bits per heavy atom. The molecule has 0 amide bonds. The molecule has 2 aliphatic rings. The summed E-state index contributed by atoms with van der Waals surface area (Å²) in [5, 5.41) is 20.0. The first-order chi connectivity index (χ1) is 13.5. The zero-order valence-corrected chi connectivity index (χ0v) is 16.4. The van der Waals surface area contributed by atoms with E-state index in [2.05, 4.69) is 23.7 Å². The molecule has 5 nitrogen and oxygen atoms in total. The number of nitriles is 1. The number of aromatic nitrogens is 1. The average Bonchev–Trinajstić information content (AvgIpc) is 3.09. The van der Waals surface area contributed by atoms with Crippen molar-refractivity contribution in [1.29, 1.82) is 5.26 Å². The van der Waals surface area contributed by atoms with Gasteiger partial charge in [-0.25, -0.2) is 9.37 Å². The van der Waals surface area contributed by atoms with Crippen molar-refractivity contribution in [3.05, 3.63) is 34.5 Å². The lowest BCUT2D eigenvalue weighted by molar-refractivity contribution is -0.140. The van der Waals surface area contributed by atoms with Gasteiger partial charge in [0.05, 0.1) is 24.5 Å². The molecule has 4 rings (SSSR count). The van der Waals surface area contributed by atoms with Gasteiger partial charge >= 0.3 is 0 Å². The van der Waals surface area contributed by atoms with Crippen molar-refractivity contribution in [3.8, 4) is 29.2 Å². The number of benzene rings is 1. The summed E-state index contributed by atoms with van der Waals surface area (Å²) in [5.41, 5.74) is 0.0272. The van der Waals surface area contributed by atoms with Crippen molar-refractivity contribution in [2.24, 2.45) is 5.92 Å². The summed E-state index contributed by atoms with van der Waals surface area (Å²) >= 11 is 1.45. The minimum Gasteiger partial charge on any atom is -0.373 e. The molecule has 2 saturated heterocycles. The predicted octanol–water partition coefficient (Wildman–Crippen LogP) is 3.17. The summed E-state index contributed by atoms with van der Waals surface area (Å²) in [4.78, 5) is 7.67. The van der Waals surface area contributed by atoms with E-state index in [1.807, 2.05) is 6.07 Å². The number of hydrogen-bond acceptors (Lipinski definition) is 6. The van der Waals surface area contributed by atoms with Crippen molar-refractivity contribution < 1.29 is 14.2 Å². The summed E-state index contributed by atoms with van der Waals surface area (Å²) in [7, 11) is 0. The lowest BCUT2D eigenvalue weighted by Gasteiger charge is -2.30. The Morgan fingerprint density at radius 1 is 1.36 bits per heavy atom. The van der Waals surface area contributed by atoms with Crippen molar-refractivity contribution in [3.63, 3.8) is 0 Å². The second-order valence-electron chi connectivity index (χ2n) is 7.42. The SMILES string of the molecule is CC1CCN(c2nc(-c3ccc(C#N)c(F)c3)c(C#CC3(O)COC3)s2)CC1. The van der Waals surface area contributed by atoms with Crippen LogP contribution in [0.1, 0.15) is 30.2 Å². The summed E-state index contributed by atoms with van der Waals surface area (Å²) in [6.45, 7) is 4.50. The number of halogens is 1. The van der Waals surface area contributed by atoms with E-state index in [1.54, 1.807) is 6.07 Å². The largest absolute Gasteiger partial charge is 0.373 e. The van der Waals surface area contributed by atoms with Gasteiger partial charge in [0.25, 0.3) is 0 Å². The van der Waals surface area contributed by atoms with E-state index in [1.165, 1.54) is 23.5 Å². The third-order valence-corrected chi connectivity index (χ3v) is 6.15. The zero-order valence-electron chi connectivity index (χ0n) is 15.5. The van der Waals surface area contributed by atoms with E-state index in [4.69, 9.17) is 15.0 Å². The summed E-state index contributed by atoms with van der Waals surface area (Å²) < 4.78 is 19.2. The first-order valence-electron chi connectivity index (χ1n) is 9.26. The van der Waals surface area contributed by atoms with Crippen LogP contribution in [0.4, 0.5) is 9.52 Å². The molecule has 2 fully saturated rings. The first kappa shape index (κ1) is 18.9. The highest BCUT2D eigenvalue weighted by Crippen LogP contribution is 2.35. The minimum absolute atomic E-state index is 0.00205. The van der Waals surface area contributed by atoms with Gasteiger partial charge in [0.2, 0.25) is 0 Å². The van der Waals surface area contributed by atoms with Gasteiger partial charge in [0.15, 0.2) is 10.7 Å². The lowest BCUT2D eigenvalue weighted by Crippen LogP contribution is -2.48. The Labute approximate surface area is 167 Å². The van der Waals surface area contributed by atoms with E-state index < -0.39 is 11.4 Å². The minimum atomic E-state index is -1.13. The van der Waals surface area contributed by atoms with E-state index >= 15 is 0 Å². The van der Waals surface area contributed by atoms with Gasteiger partial charge < -0.3 is 14.7 Å². The molecule has 7 heteroatoms. The number of anilines is 1. The lowest BCUT2D eigenvalue weighted by atomic mass is 10.00. The second kappa shape index (κ2) is 7.52. The van der Waals surface area contributed by atoms with E-state index in [-0.39, 0.29) is 18.8 Å². The van der Waals surface area contributed by atoms with Crippen LogP contribution in [0.5, 0.6) is 0 Å². The highest BCUT2D eigenvalue weighted by atomic mass is 32.1. The van der Waals surface area contributed by atoms with Gasteiger partial charge in [0.1, 0.15) is 16.8 Å². The predicted molar refractivity (Wildman–Crippen MR) is 105 cm³/mol. The van der Waals surface area contributed by atoms with Gasteiger partial charge in [0, 0.05) is 18.7 Å². The van der Waals surface area contributed by atoms with Gasteiger partial charge in [-0.15, -0.1) is 0 Å². The van der Waals surface area contributed by atoms with Crippen LogP contribution in [-0.4, -0.2) is 42.0 Å². The molecule has 1 N–H and O–H groups in total. The molecular formula is C21H20FN3O2S. The van der Waals surface area contributed by atoms with Crippen LogP contribution >= 0.6 is 11.3 Å². The van der Waals surface area contributed by atoms with E-state index in [9.17, 15) is 9.50 Å². The Bertz CT molecular complexity index is 989. The van der Waals surface area contributed by atoms with E-state index in [0.29, 0.717) is 22.1 Å². The van der Waals surface area contributed by atoms with Crippen LogP contribution in [0.2, 0.25) is 0 Å². The number of piperidine rings is 1. The number of rotatable bonds is 2. The van der Waals surface area contributed by atoms with Crippen LogP contribution < -0.4 is 4.90 Å². The molecule has 28 heavy (non-hydrogen) atoms. The molecular weight excluding hydrogens is 377 g/mol. The molecule has 3 heterocycles. The second-order valence-corrected chi connectivity index (χ2v) is 8.40. The topological polar surface area (TPSA) is 69.4 Å². The Morgan fingerprint density at radius 2 is 2.11 bits per heavy atom. The third kappa shape index (κ3) is 3.74. The van der Waals surface area contributed by atoms with Gasteiger partial charge in [-0.3, -0.25) is 0 Å². The molecule has 2 aliphatic heterocycles. The maximum absolute atomic E-state index is 14.2. The molecule has 0 spiro atoms. The highest BCUT2D eigenvalue weighted by molar-refractivity contribution is 7.16. The fraction of sp³-hybridized carbons (Fsp3) is 0.429. The van der Waals surface area contributed by atoms with Gasteiger partial charge in [-0.05, 0) is 30.9 Å². The quantitative estimate of drug-likeness (QED) is 0.789. The van der Waals surface area contributed by atoms with Gasteiger partial charge in [-0.2, -0.15) is 5.26 Å². The first-order valence-corrected chi connectivity index (χ1v) is 10.1. The maximum atomic E-state index is 14.2.